The van der Waals surface area contributed by atoms with E-state index in [2.05, 4.69) is 16.4 Å². The predicted octanol–water partition coefficient (Wildman–Crippen LogP) is 3.67. The fraction of sp³-hybridized carbons (Fsp3) is 0.158. The smallest absolute Gasteiger partial charge is 0.273 e. The number of carbonyl (C=O) groups is 1. The molecular weight excluding hydrogens is 382 g/mol. The van der Waals surface area contributed by atoms with E-state index < -0.39 is 10.8 Å². The molecule has 1 aromatic heterocycles. The average molecular weight is 397 g/mol. The number of non-ortho nitro benzene ring substituents is 1. The van der Waals surface area contributed by atoms with Gasteiger partial charge >= 0.3 is 0 Å². The topological polar surface area (TPSA) is 104 Å². The molecule has 1 aliphatic rings. The highest BCUT2D eigenvalue weighted by atomic mass is 32.1. The van der Waals surface area contributed by atoms with E-state index >= 15 is 0 Å². The number of nitro groups is 1. The zero-order valence-corrected chi connectivity index (χ0v) is 15.4. The van der Waals surface area contributed by atoms with Gasteiger partial charge in [0.15, 0.2) is 11.7 Å². The molecule has 0 saturated carbocycles. The zero-order valence-electron chi connectivity index (χ0n) is 14.6. The van der Waals surface area contributed by atoms with Crippen molar-refractivity contribution in [2.75, 3.05) is 18.5 Å². The Morgan fingerprint density at radius 1 is 1.32 bits per heavy atom. The number of amides is 1. The van der Waals surface area contributed by atoms with Crippen LogP contribution in [0.15, 0.2) is 47.8 Å². The lowest BCUT2D eigenvalue weighted by molar-refractivity contribution is -0.384. The number of rotatable bonds is 6. The monoisotopic (exact) mass is 397 g/mol. The first-order valence-electron chi connectivity index (χ1n) is 8.47. The third-order valence-electron chi connectivity index (χ3n) is 4.13. The van der Waals surface area contributed by atoms with Crippen molar-refractivity contribution in [1.82, 2.24) is 4.98 Å². The van der Waals surface area contributed by atoms with Crippen LogP contribution >= 0.6 is 11.3 Å². The molecule has 4 rings (SSSR count). The molecule has 1 aliphatic heterocycles. The Hall–Kier alpha value is -3.46. The van der Waals surface area contributed by atoms with Crippen molar-refractivity contribution < 1.29 is 19.2 Å². The highest BCUT2D eigenvalue weighted by Gasteiger charge is 2.15. The van der Waals surface area contributed by atoms with Gasteiger partial charge in [-0.05, 0) is 29.8 Å². The number of benzene rings is 2. The van der Waals surface area contributed by atoms with E-state index in [9.17, 15) is 14.9 Å². The SMILES string of the molecule is O=C(COc1cccc([N+](=O)[O-])c1)Nc1nc(-c2ccc3c(c2)CCO3)cs1. The Labute approximate surface area is 163 Å². The lowest BCUT2D eigenvalue weighted by atomic mass is 10.1. The van der Waals surface area contributed by atoms with Gasteiger partial charge in [0, 0.05) is 23.4 Å². The van der Waals surface area contributed by atoms with Crippen molar-refractivity contribution in [3.63, 3.8) is 0 Å². The number of ether oxygens (including phenoxy) is 2. The van der Waals surface area contributed by atoms with Crippen LogP contribution in [0.5, 0.6) is 11.5 Å². The molecule has 28 heavy (non-hydrogen) atoms. The average Bonchev–Trinajstić information content (AvgIpc) is 3.35. The van der Waals surface area contributed by atoms with Gasteiger partial charge in [-0.1, -0.05) is 6.07 Å². The van der Waals surface area contributed by atoms with Crippen LogP contribution in [0.25, 0.3) is 11.3 Å². The second-order valence-corrected chi connectivity index (χ2v) is 6.91. The minimum atomic E-state index is -0.519. The number of nitro benzene ring substituents is 1. The quantitative estimate of drug-likeness (QED) is 0.503. The lowest BCUT2D eigenvalue weighted by Crippen LogP contribution is -2.20. The number of aromatic nitrogens is 1. The molecule has 0 bridgehead atoms. The Morgan fingerprint density at radius 3 is 3.07 bits per heavy atom. The van der Waals surface area contributed by atoms with Gasteiger partial charge in [0.2, 0.25) is 0 Å². The molecule has 0 unspecified atom stereocenters. The summed E-state index contributed by atoms with van der Waals surface area (Å²) in [6.45, 7) is 0.425. The van der Waals surface area contributed by atoms with E-state index in [1.165, 1.54) is 29.5 Å². The van der Waals surface area contributed by atoms with Crippen LogP contribution in [0.4, 0.5) is 10.8 Å². The molecule has 2 aromatic carbocycles. The highest BCUT2D eigenvalue weighted by Crippen LogP contribution is 2.32. The van der Waals surface area contributed by atoms with Gasteiger partial charge in [-0.3, -0.25) is 20.2 Å². The normalized spacial score (nSPS) is 12.1. The molecule has 1 amide bonds. The molecule has 0 radical (unpaired) electrons. The summed E-state index contributed by atoms with van der Waals surface area (Å²) in [7, 11) is 0. The summed E-state index contributed by atoms with van der Waals surface area (Å²) in [5.41, 5.74) is 2.80. The van der Waals surface area contributed by atoms with Crippen LogP contribution in [0, 0.1) is 10.1 Å². The first kappa shape index (κ1) is 17.9. The fourth-order valence-electron chi connectivity index (χ4n) is 2.80. The third kappa shape index (κ3) is 3.94. The third-order valence-corrected chi connectivity index (χ3v) is 4.89. The largest absolute Gasteiger partial charge is 0.493 e. The fourth-order valence-corrected chi connectivity index (χ4v) is 3.54. The van der Waals surface area contributed by atoms with Crippen molar-refractivity contribution >= 4 is 28.1 Å². The van der Waals surface area contributed by atoms with Crippen LogP contribution in [-0.4, -0.2) is 29.0 Å². The van der Waals surface area contributed by atoms with E-state index in [0.717, 1.165) is 29.0 Å². The zero-order chi connectivity index (χ0) is 19.5. The molecule has 0 saturated heterocycles. The van der Waals surface area contributed by atoms with Crippen molar-refractivity contribution in [1.29, 1.82) is 0 Å². The molecular formula is C19H15N3O5S. The van der Waals surface area contributed by atoms with Gasteiger partial charge in [-0.15, -0.1) is 11.3 Å². The Kier molecular flexibility index (Phi) is 4.90. The number of anilines is 1. The maximum Gasteiger partial charge on any atom is 0.273 e. The summed E-state index contributed by atoms with van der Waals surface area (Å²) in [4.78, 5) is 26.8. The summed E-state index contributed by atoms with van der Waals surface area (Å²) in [6, 6.07) is 11.6. The van der Waals surface area contributed by atoms with Crippen LogP contribution in [0.3, 0.4) is 0 Å². The maximum atomic E-state index is 12.1. The van der Waals surface area contributed by atoms with Gasteiger partial charge < -0.3 is 9.47 Å². The summed E-state index contributed by atoms with van der Waals surface area (Å²) < 4.78 is 10.8. The Morgan fingerprint density at radius 2 is 2.21 bits per heavy atom. The Bertz CT molecular complexity index is 1050. The molecule has 1 N–H and O–H groups in total. The number of carbonyl (C=O) groups excluding carboxylic acids is 1. The van der Waals surface area contributed by atoms with Crippen molar-refractivity contribution in [3.8, 4) is 22.8 Å². The summed E-state index contributed by atoms with van der Waals surface area (Å²) in [6.07, 6.45) is 0.881. The molecule has 8 nitrogen and oxygen atoms in total. The van der Waals surface area contributed by atoms with E-state index in [0.29, 0.717) is 11.7 Å². The van der Waals surface area contributed by atoms with E-state index in [1.807, 2.05) is 17.5 Å². The van der Waals surface area contributed by atoms with Gasteiger partial charge in [0.05, 0.1) is 23.3 Å². The van der Waals surface area contributed by atoms with Gasteiger partial charge in [-0.2, -0.15) is 0 Å². The van der Waals surface area contributed by atoms with Crippen LogP contribution in [0.1, 0.15) is 5.56 Å². The van der Waals surface area contributed by atoms with E-state index in [1.54, 1.807) is 6.07 Å². The van der Waals surface area contributed by atoms with Crippen LogP contribution < -0.4 is 14.8 Å². The molecule has 0 aliphatic carbocycles. The first-order chi connectivity index (χ1) is 13.6. The molecule has 3 aromatic rings. The minimum absolute atomic E-state index is 0.0952. The number of fused-ring (bicyclic) bond motifs is 1. The molecule has 0 atom stereocenters. The predicted molar refractivity (Wildman–Crippen MR) is 104 cm³/mol. The molecule has 9 heteroatoms. The minimum Gasteiger partial charge on any atom is -0.493 e. The number of nitrogens with one attached hydrogen (secondary N) is 1. The van der Waals surface area contributed by atoms with Crippen LogP contribution in [0.2, 0.25) is 0 Å². The van der Waals surface area contributed by atoms with Crippen molar-refractivity contribution in [2.24, 2.45) is 0 Å². The van der Waals surface area contributed by atoms with Crippen LogP contribution in [-0.2, 0) is 11.2 Å². The molecule has 0 fully saturated rings. The van der Waals surface area contributed by atoms with Crippen molar-refractivity contribution in [3.05, 3.63) is 63.5 Å². The van der Waals surface area contributed by atoms with E-state index in [-0.39, 0.29) is 18.0 Å². The standard InChI is InChI=1S/C19H15N3O5S/c23-18(10-27-15-3-1-2-14(9-15)22(24)25)21-19-20-16(11-28-19)12-4-5-17-13(8-12)6-7-26-17/h1-5,8-9,11H,6-7,10H2,(H,20,21,23). The number of hydrogen-bond acceptors (Lipinski definition) is 7. The van der Waals surface area contributed by atoms with Crippen molar-refractivity contribution in [2.45, 2.75) is 6.42 Å². The molecule has 2 heterocycles. The second kappa shape index (κ2) is 7.65. The summed E-state index contributed by atoms with van der Waals surface area (Å²) in [5, 5.41) is 15.8. The number of hydrogen-bond donors (Lipinski definition) is 1. The second-order valence-electron chi connectivity index (χ2n) is 6.05. The number of nitrogens with zero attached hydrogens (tertiary/aromatic N) is 2. The maximum absolute atomic E-state index is 12.1. The summed E-state index contributed by atoms with van der Waals surface area (Å²) in [5.74, 6) is 0.769. The highest BCUT2D eigenvalue weighted by molar-refractivity contribution is 7.14. The number of thiazole rings is 1. The first-order valence-corrected chi connectivity index (χ1v) is 9.35. The Balaban J connectivity index is 1.36. The van der Waals surface area contributed by atoms with Gasteiger partial charge in [-0.25, -0.2) is 4.98 Å². The lowest BCUT2D eigenvalue weighted by Gasteiger charge is -2.05. The van der Waals surface area contributed by atoms with Gasteiger partial charge in [0.25, 0.3) is 11.6 Å². The molecule has 142 valence electrons. The molecule has 0 spiro atoms. The van der Waals surface area contributed by atoms with E-state index in [4.69, 9.17) is 9.47 Å². The summed E-state index contributed by atoms with van der Waals surface area (Å²) >= 11 is 1.31. The van der Waals surface area contributed by atoms with Gasteiger partial charge in [0.1, 0.15) is 11.5 Å².